The van der Waals surface area contributed by atoms with Gasteiger partial charge < -0.3 is 9.47 Å². The van der Waals surface area contributed by atoms with Crippen molar-refractivity contribution in [2.45, 2.75) is 6.92 Å². The predicted molar refractivity (Wildman–Crippen MR) is 84.8 cm³/mol. The first-order valence-corrected chi connectivity index (χ1v) is 7.14. The molecule has 7 nitrogen and oxygen atoms in total. The highest BCUT2D eigenvalue weighted by molar-refractivity contribution is 5.92. The van der Waals surface area contributed by atoms with Crippen molar-refractivity contribution in [3.05, 3.63) is 75.3 Å². The van der Waals surface area contributed by atoms with E-state index in [1.807, 2.05) is 0 Å². The maximum absolute atomic E-state index is 12.0. The fraction of sp³-hybridized carbons (Fsp3) is 0.176. The second-order valence-electron chi connectivity index (χ2n) is 4.84. The first-order valence-electron chi connectivity index (χ1n) is 7.14. The largest absolute Gasteiger partial charge is 0.458 e. The molecule has 0 aliphatic carbocycles. The molecule has 0 spiro atoms. The molecule has 0 aliphatic heterocycles. The molecule has 0 N–H and O–H groups in total. The number of hydrogen-bond donors (Lipinski definition) is 0. The van der Waals surface area contributed by atoms with Crippen LogP contribution in [0.2, 0.25) is 0 Å². The number of carbonyl (C=O) groups excluding carboxylic acids is 2. The van der Waals surface area contributed by atoms with Crippen molar-refractivity contribution in [3.63, 3.8) is 0 Å². The molecule has 0 unspecified atom stereocenters. The normalized spacial score (nSPS) is 10.0. The molecule has 124 valence electrons. The van der Waals surface area contributed by atoms with Crippen LogP contribution in [0.1, 0.15) is 26.3 Å². The fourth-order valence-electron chi connectivity index (χ4n) is 2.05. The van der Waals surface area contributed by atoms with Crippen molar-refractivity contribution in [2.24, 2.45) is 0 Å². The summed E-state index contributed by atoms with van der Waals surface area (Å²) in [6.45, 7) is 1.23. The summed E-state index contributed by atoms with van der Waals surface area (Å²) in [7, 11) is 0. The molecule has 0 heterocycles. The molecule has 24 heavy (non-hydrogen) atoms. The molecule has 0 aliphatic rings. The van der Waals surface area contributed by atoms with Gasteiger partial charge in [-0.2, -0.15) is 0 Å². The van der Waals surface area contributed by atoms with Crippen LogP contribution in [0.15, 0.2) is 48.5 Å². The standard InChI is InChI=1S/C17H15NO6/c1-12-14(8-5-9-15(12)18(21)22)17(20)24-11-10-23-16(19)13-6-3-2-4-7-13/h2-9H,10-11H2,1H3. The number of benzene rings is 2. The van der Waals surface area contributed by atoms with Crippen LogP contribution in [0.3, 0.4) is 0 Å². The summed E-state index contributed by atoms with van der Waals surface area (Å²) in [4.78, 5) is 34.0. The Kier molecular flexibility index (Phi) is 5.62. The maximum Gasteiger partial charge on any atom is 0.338 e. The first kappa shape index (κ1) is 17.1. The second kappa shape index (κ2) is 7.87. The van der Waals surface area contributed by atoms with Gasteiger partial charge in [0.05, 0.1) is 16.1 Å². The summed E-state index contributed by atoms with van der Waals surface area (Å²) in [5, 5.41) is 10.9. The number of carbonyl (C=O) groups is 2. The highest BCUT2D eigenvalue weighted by Crippen LogP contribution is 2.21. The van der Waals surface area contributed by atoms with Crippen LogP contribution in [0.4, 0.5) is 5.69 Å². The smallest absolute Gasteiger partial charge is 0.338 e. The molecule has 0 amide bonds. The number of nitro benzene ring substituents is 1. The van der Waals surface area contributed by atoms with E-state index in [0.717, 1.165) is 0 Å². The zero-order valence-corrected chi connectivity index (χ0v) is 12.9. The van der Waals surface area contributed by atoms with Crippen LogP contribution in [0.25, 0.3) is 0 Å². The minimum atomic E-state index is -0.702. The number of rotatable bonds is 6. The lowest BCUT2D eigenvalue weighted by atomic mass is 10.1. The van der Waals surface area contributed by atoms with Gasteiger partial charge in [-0.15, -0.1) is 0 Å². The number of hydrogen-bond acceptors (Lipinski definition) is 6. The van der Waals surface area contributed by atoms with Gasteiger partial charge in [-0.25, -0.2) is 9.59 Å². The summed E-state index contributed by atoms with van der Waals surface area (Å²) in [6, 6.07) is 12.6. The maximum atomic E-state index is 12.0. The van der Waals surface area contributed by atoms with Crippen molar-refractivity contribution in [1.82, 2.24) is 0 Å². The molecule has 0 saturated carbocycles. The molecule has 7 heteroatoms. The third-order valence-electron chi connectivity index (χ3n) is 3.28. The highest BCUT2D eigenvalue weighted by atomic mass is 16.6. The molecular weight excluding hydrogens is 314 g/mol. The van der Waals surface area contributed by atoms with E-state index >= 15 is 0 Å². The quantitative estimate of drug-likeness (QED) is 0.350. The predicted octanol–water partition coefficient (Wildman–Crippen LogP) is 2.92. The van der Waals surface area contributed by atoms with E-state index in [2.05, 4.69) is 0 Å². The van der Waals surface area contributed by atoms with Crippen LogP contribution in [-0.2, 0) is 9.47 Å². The minimum absolute atomic E-state index is 0.104. The number of esters is 2. The Morgan fingerprint density at radius 1 is 0.958 bits per heavy atom. The SMILES string of the molecule is Cc1c(C(=O)OCCOC(=O)c2ccccc2)cccc1[N+](=O)[O-]. The zero-order valence-electron chi connectivity index (χ0n) is 12.9. The summed E-state index contributed by atoms with van der Waals surface area (Å²) in [5.74, 6) is -1.22. The van der Waals surface area contributed by atoms with E-state index in [0.29, 0.717) is 5.56 Å². The van der Waals surface area contributed by atoms with Gasteiger partial charge in [-0.1, -0.05) is 24.3 Å². The van der Waals surface area contributed by atoms with Gasteiger partial charge in [-0.3, -0.25) is 10.1 Å². The average Bonchev–Trinajstić information content (AvgIpc) is 2.59. The van der Waals surface area contributed by atoms with Crippen LogP contribution >= 0.6 is 0 Å². The third-order valence-corrected chi connectivity index (χ3v) is 3.28. The lowest BCUT2D eigenvalue weighted by molar-refractivity contribution is -0.385. The van der Waals surface area contributed by atoms with E-state index in [9.17, 15) is 19.7 Å². The van der Waals surface area contributed by atoms with Crippen LogP contribution in [0.5, 0.6) is 0 Å². The van der Waals surface area contributed by atoms with Crippen LogP contribution in [0, 0.1) is 17.0 Å². The Morgan fingerprint density at radius 2 is 1.58 bits per heavy atom. The van der Waals surface area contributed by atoms with Crippen molar-refractivity contribution < 1.29 is 24.0 Å². The minimum Gasteiger partial charge on any atom is -0.458 e. The number of nitro groups is 1. The summed E-state index contributed by atoms with van der Waals surface area (Å²) < 4.78 is 9.97. The Morgan fingerprint density at radius 3 is 2.21 bits per heavy atom. The lowest BCUT2D eigenvalue weighted by Crippen LogP contribution is -2.15. The fourth-order valence-corrected chi connectivity index (χ4v) is 2.05. The van der Waals surface area contributed by atoms with E-state index in [-0.39, 0.29) is 30.0 Å². The molecule has 2 aromatic carbocycles. The molecule has 0 saturated heterocycles. The van der Waals surface area contributed by atoms with Gasteiger partial charge in [0.1, 0.15) is 13.2 Å². The molecule has 0 aromatic heterocycles. The van der Waals surface area contributed by atoms with E-state index in [1.54, 1.807) is 30.3 Å². The third kappa shape index (κ3) is 4.16. The van der Waals surface area contributed by atoms with Gasteiger partial charge in [0.15, 0.2) is 0 Å². The number of nitrogens with zero attached hydrogens (tertiary/aromatic N) is 1. The Bertz CT molecular complexity index is 757. The van der Waals surface area contributed by atoms with Crippen LogP contribution < -0.4 is 0 Å². The molecule has 0 radical (unpaired) electrons. The van der Waals surface area contributed by atoms with Gasteiger partial charge in [0.25, 0.3) is 5.69 Å². The summed E-state index contributed by atoms with van der Waals surface area (Å²) in [6.07, 6.45) is 0. The Hall–Kier alpha value is -3.22. The van der Waals surface area contributed by atoms with Gasteiger partial charge >= 0.3 is 11.9 Å². The Balaban J connectivity index is 1.87. The molecule has 0 bridgehead atoms. The van der Waals surface area contributed by atoms with Crippen molar-refractivity contribution in [2.75, 3.05) is 13.2 Å². The second-order valence-corrected chi connectivity index (χ2v) is 4.84. The van der Waals surface area contributed by atoms with Crippen molar-refractivity contribution in [3.8, 4) is 0 Å². The Labute approximate surface area is 138 Å². The van der Waals surface area contributed by atoms with Gasteiger partial charge in [-0.05, 0) is 25.1 Å². The average molecular weight is 329 g/mol. The molecule has 0 atom stereocenters. The topological polar surface area (TPSA) is 95.7 Å². The monoisotopic (exact) mass is 329 g/mol. The lowest BCUT2D eigenvalue weighted by Gasteiger charge is -2.08. The molecule has 2 aromatic rings. The summed E-state index contributed by atoms with van der Waals surface area (Å²) >= 11 is 0. The molecular formula is C17H15NO6. The van der Waals surface area contributed by atoms with Gasteiger partial charge in [0.2, 0.25) is 0 Å². The van der Waals surface area contributed by atoms with Crippen LogP contribution in [-0.4, -0.2) is 30.1 Å². The first-order chi connectivity index (χ1) is 11.5. The van der Waals surface area contributed by atoms with Crippen molar-refractivity contribution >= 4 is 17.6 Å². The van der Waals surface area contributed by atoms with Crippen molar-refractivity contribution in [1.29, 1.82) is 0 Å². The van der Waals surface area contributed by atoms with E-state index in [1.165, 1.54) is 25.1 Å². The highest BCUT2D eigenvalue weighted by Gasteiger charge is 2.19. The molecule has 2 rings (SSSR count). The van der Waals surface area contributed by atoms with E-state index < -0.39 is 16.9 Å². The van der Waals surface area contributed by atoms with Gasteiger partial charge in [0, 0.05) is 11.6 Å². The zero-order chi connectivity index (χ0) is 17.5. The van der Waals surface area contributed by atoms with E-state index in [4.69, 9.17) is 9.47 Å². The molecule has 0 fully saturated rings. The summed E-state index contributed by atoms with van der Waals surface area (Å²) in [5.41, 5.74) is 0.589. The number of ether oxygens (including phenoxy) is 2.